The molecule has 2 N–H and O–H groups in total. The lowest BCUT2D eigenvalue weighted by atomic mass is 10.1. The molecule has 0 aliphatic carbocycles. The van der Waals surface area contributed by atoms with Crippen LogP contribution in [0.5, 0.6) is 0 Å². The summed E-state index contributed by atoms with van der Waals surface area (Å²) in [6, 6.07) is 11.3. The number of amides is 2. The van der Waals surface area contributed by atoms with Crippen molar-refractivity contribution in [1.82, 2.24) is 20.2 Å². The third-order valence-electron chi connectivity index (χ3n) is 3.79. The van der Waals surface area contributed by atoms with Gasteiger partial charge in [0.05, 0.1) is 18.6 Å². The molecule has 24 heavy (non-hydrogen) atoms. The second-order valence-corrected chi connectivity index (χ2v) is 5.57. The fraction of sp³-hybridized carbons (Fsp3) is 0.222. The van der Waals surface area contributed by atoms with Gasteiger partial charge in [-0.05, 0) is 30.2 Å². The van der Waals surface area contributed by atoms with Crippen LogP contribution in [0.4, 0.5) is 4.79 Å². The summed E-state index contributed by atoms with van der Waals surface area (Å²) in [7, 11) is 0. The molecule has 6 nitrogen and oxygen atoms in total. The van der Waals surface area contributed by atoms with Crippen LogP contribution in [0.2, 0.25) is 0 Å². The van der Waals surface area contributed by atoms with Gasteiger partial charge in [0, 0.05) is 25.5 Å². The topological polar surface area (TPSA) is 72.1 Å². The number of urea groups is 1. The highest BCUT2D eigenvalue weighted by molar-refractivity contribution is 5.74. The maximum absolute atomic E-state index is 12.1. The van der Waals surface area contributed by atoms with Gasteiger partial charge in [-0.15, -0.1) is 0 Å². The van der Waals surface area contributed by atoms with E-state index in [0.717, 1.165) is 23.4 Å². The molecule has 1 atom stereocenters. The lowest BCUT2D eigenvalue weighted by Gasteiger charge is -2.14. The normalized spacial score (nSPS) is 11.9. The van der Waals surface area contributed by atoms with Gasteiger partial charge in [0.2, 0.25) is 0 Å². The molecule has 124 valence electrons. The fourth-order valence-electron chi connectivity index (χ4n) is 2.49. The lowest BCUT2D eigenvalue weighted by molar-refractivity contribution is 0.235. The Morgan fingerprint density at radius 3 is 2.79 bits per heavy atom. The van der Waals surface area contributed by atoms with Crippen molar-refractivity contribution < 1.29 is 9.21 Å². The predicted molar refractivity (Wildman–Crippen MR) is 90.3 cm³/mol. The molecule has 0 radical (unpaired) electrons. The Labute approximate surface area is 140 Å². The fourth-order valence-corrected chi connectivity index (χ4v) is 2.49. The second-order valence-electron chi connectivity index (χ2n) is 5.57. The second kappa shape index (κ2) is 7.50. The molecule has 0 aliphatic heterocycles. The van der Waals surface area contributed by atoms with Gasteiger partial charge in [-0.25, -0.2) is 9.78 Å². The largest absolute Gasteiger partial charge is 0.467 e. The highest BCUT2D eigenvalue weighted by atomic mass is 16.3. The molecule has 6 heteroatoms. The van der Waals surface area contributed by atoms with Gasteiger partial charge in [0.15, 0.2) is 0 Å². The quantitative estimate of drug-likeness (QED) is 0.732. The molecule has 0 unspecified atom stereocenters. The first-order valence-electron chi connectivity index (χ1n) is 7.82. The average Bonchev–Trinajstić information content (AvgIpc) is 3.27. The Kier molecular flexibility index (Phi) is 4.96. The molecule has 2 amide bonds. The number of rotatable bonds is 6. The molecule has 0 saturated heterocycles. The van der Waals surface area contributed by atoms with Gasteiger partial charge in [-0.3, -0.25) is 0 Å². The molecule has 3 aromatic rings. The van der Waals surface area contributed by atoms with Crippen LogP contribution in [0.3, 0.4) is 0 Å². The van der Waals surface area contributed by atoms with E-state index in [-0.39, 0.29) is 12.1 Å². The number of imidazole rings is 1. The van der Waals surface area contributed by atoms with E-state index in [4.69, 9.17) is 4.42 Å². The van der Waals surface area contributed by atoms with E-state index in [1.165, 1.54) is 0 Å². The summed E-state index contributed by atoms with van der Waals surface area (Å²) in [5.74, 6) is 0.727. The summed E-state index contributed by atoms with van der Waals surface area (Å²) < 4.78 is 7.28. The summed E-state index contributed by atoms with van der Waals surface area (Å²) in [6.07, 6.45) is 7.05. The van der Waals surface area contributed by atoms with Crippen LogP contribution in [0, 0.1) is 0 Å². The number of carbonyl (C=O) groups is 1. The van der Waals surface area contributed by atoms with Crippen molar-refractivity contribution in [1.29, 1.82) is 0 Å². The third-order valence-corrected chi connectivity index (χ3v) is 3.79. The van der Waals surface area contributed by atoms with E-state index in [2.05, 4.69) is 21.7 Å². The first-order valence-corrected chi connectivity index (χ1v) is 7.82. The van der Waals surface area contributed by atoms with Crippen molar-refractivity contribution in [3.05, 3.63) is 78.3 Å². The zero-order chi connectivity index (χ0) is 16.8. The molecule has 0 saturated carbocycles. The number of aromatic nitrogens is 2. The van der Waals surface area contributed by atoms with Crippen LogP contribution < -0.4 is 10.6 Å². The monoisotopic (exact) mass is 324 g/mol. The first-order chi connectivity index (χ1) is 11.7. The SMILES string of the molecule is C[C@@H](NC(=O)NCc1ccccc1Cn1ccnc1)c1ccco1. The molecule has 1 aromatic carbocycles. The standard InChI is InChI=1S/C18H20N4O2/c1-14(17-7-4-10-24-17)21-18(23)20-11-15-5-2-3-6-16(15)12-22-9-8-19-13-22/h2-10,13-14H,11-12H2,1H3,(H2,20,21,23)/t14-/m1/s1. The summed E-state index contributed by atoms with van der Waals surface area (Å²) in [6.45, 7) is 3.06. The Bertz CT molecular complexity index is 766. The highest BCUT2D eigenvalue weighted by Crippen LogP contribution is 2.13. The van der Waals surface area contributed by atoms with E-state index in [0.29, 0.717) is 6.54 Å². The van der Waals surface area contributed by atoms with Crippen molar-refractivity contribution in [3.8, 4) is 0 Å². The maximum atomic E-state index is 12.1. The van der Waals surface area contributed by atoms with E-state index >= 15 is 0 Å². The number of carbonyl (C=O) groups excluding carboxylic acids is 1. The molecule has 2 heterocycles. The van der Waals surface area contributed by atoms with E-state index in [1.54, 1.807) is 24.9 Å². The highest BCUT2D eigenvalue weighted by Gasteiger charge is 2.12. The van der Waals surface area contributed by atoms with Crippen molar-refractivity contribution in [3.63, 3.8) is 0 Å². The van der Waals surface area contributed by atoms with Gasteiger partial charge in [0.25, 0.3) is 0 Å². The number of benzene rings is 1. The summed E-state index contributed by atoms with van der Waals surface area (Å²) in [5.41, 5.74) is 2.22. The number of hydrogen-bond acceptors (Lipinski definition) is 3. The van der Waals surface area contributed by atoms with Gasteiger partial charge >= 0.3 is 6.03 Å². The predicted octanol–water partition coefficient (Wildman–Crippen LogP) is 3.08. The van der Waals surface area contributed by atoms with Gasteiger partial charge in [0.1, 0.15) is 5.76 Å². The summed E-state index contributed by atoms with van der Waals surface area (Å²) in [4.78, 5) is 16.1. The van der Waals surface area contributed by atoms with Crippen LogP contribution in [0.1, 0.15) is 29.9 Å². The summed E-state index contributed by atoms with van der Waals surface area (Å²) >= 11 is 0. The van der Waals surface area contributed by atoms with Crippen LogP contribution in [0.25, 0.3) is 0 Å². The van der Waals surface area contributed by atoms with Crippen LogP contribution in [0.15, 0.2) is 65.8 Å². The molecule has 0 spiro atoms. The molecule has 0 fully saturated rings. The van der Waals surface area contributed by atoms with Crippen molar-refractivity contribution in [2.45, 2.75) is 26.1 Å². The minimum atomic E-state index is -0.226. The number of nitrogens with zero attached hydrogens (tertiary/aromatic N) is 2. The average molecular weight is 324 g/mol. The Morgan fingerprint density at radius 1 is 1.25 bits per heavy atom. The Balaban J connectivity index is 1.57. The molecule has 0 aliphatic rings. The number of hydrogen-bond donors (Lipinski definition) is 2. The molecule has 2 aromatic heterocycles. The van der Waals surface area contributed by atoms with Crippen LogP contribution in [-0.4, -0.2) is 15.6 Å². The molecular formula is C18H20N4O2. The molecule has 3 rings (SSSR count). The van der Waals surface area contributed by atoms with Gasteiger partial charge in [-0.2, -0.15) is 0 Å². The molecular weight excluding hydrogens is 304 g/mol. The van der Waals surface area contributed by atoms with Crippen molar-refractivity contribution in [2.24, 2.45) is 0 Å². The third kappa shape index (κ3) is 4.04. The summed E-state index contributed by atoms with van der Waals surface area (Å²) in [5, 5.41) is 5.75. The first kappa shape index (κ1) is 15.9. The van der Waals surface area contributed by atoms with Crippen LogP contribution >= 0.6 is 0 Å². The van der Waals surface area contributed by atoms with Crippen LogP contribution in [-0.2, 0) is 13.1 Å². The minimum Gasteiger partial charge on any atom is -0.467 e. The van der Waals surface area contributed by atoms with Gasteiger partial charge in [-0.1, -0.05) is 24.3 Å². The zero-order valence-corrected chi connectivity index (χ0v) is 13.5. The Hall–Kier alpha value is -3.02. The number of nitrogens with one attached hydrogen (secondary N) is 2. The van der Waals surface area contributed by atoms with E-state index in [1.807, 2.05) is 42.0 Å². The number of furan rings is 1. The van der Waals surface area contributed by atoms with E-state index < -0.39 is 0 Å². The van der Waals surface area contributed by atoms with Crippen molar-refractivity contribution in [2.75, 3.05) is 0 Å². The Morgan fingerprint density at radius 2 is 2.08 bits per heavy atom. The van der Waals surface area contributed by atoms with Crippen molar-refractivity contribution >= 4 is 6.03 Å². The smallest absolute Gasteiger partial charge is 0.315 e. The zero-order valence-electron chi connectivity index (χ0n) is 13.5. The van der Waals surface area contributed by atoms with Gasteiger partial charge < -0.3 is 19.6 Å². The maximum Gasteiger partial charge on any atom is 0.315 e. The lowest BCUT2D eigenvalue weighted by Crippen LogP contribution is -2.36. The molecule has 0 bridgehead atoms. The van der Waals surface area contributed by atoms with E-state index in [9.17, 15) is 4.79 Å². The minimum absolute atomic E-state index is 0.179.